The maximum Gasteiger partial charge on any atom is 0.229 e. The van der Waals surface area contributed by atoms with Crippen LogP contribution in [0.5, 0.6) is 0 Å². The Bertz CT molecular complexity index is 844. The van der Waals surface area contributed by atoms with Crippen LogP contribution in [0.3, 0.4) is 0 Å². The lowest BCUT2D eigenvalue weighted by Crippen LogP contribution is -2.49. The minimum Gasteiger partial charge on any atom is -0.302 e. The first kappa shape index (κ1) is 20.1. The molecule has 0 aliphatic carbocycles. The van der Waals surface area contributed by atoms with Gasteiger partial charge >= 0.3 is 0 Å². The van der Waals surface area contributed by atoms with Gasteiger partial charge in [0.2, 0.25) is 10.0 Å². The summed E-state index contributed by atoms with van der Waals surface area (Å²) in [6.45, 7) is 5.99. The molecule has 0 bridgehead atoms. The van der Waals surface area contributed by atoms with Crippen LogP contribution in [-0.2, 0) is 16.4 Å². The molecule has 0 radical (unpaired) electrons. The van der Waals surface area contributed by atoms with E-state index in [1.54, 1.807) is 24.3 Å². The zero-order valence-corrected chi connectivity index (χ0v) is 16.4. The van der Waals surface area contributed by atoms with Crippen molar-refractivity contribution in [2.24, 2.45) is 0 Å². The highest BCUT2D eigenvalue weighted by molar-refractivity contribution is 7.92. The highest BCUT2D eigenvalue weighted by Gasteiger charge is 2.24. The van der Waals surface area contributed by atoms with Crippen molar-refractivity contribution in [1.29, 1.82) is 0 Å². The molecule has 2 rings (SSSR count). The van der Waals surface area contributed by atoms with Crippen molar-refractivity contribution in [3.05, 3.63) is 65.7 Å². The number of Topliss-reactive ketones (excluding diaryl/α,β-unsaturated/α-hetero) is 1. The molecule has 0 spiro atoms. The number of rotatable bonds is 8. The highest BCUT2D eigenvalue weighted by Crippen LogP contribution is 2.16. The van der Waals surface area contributed by atoms with Crippen LogP contribution in [0, 0.1) is 0 Å². The van der Waals surface area contributed by atoms with Crippen LogP contribution < -0.4 is 10.0 Å². The van der Waals surface area contributed by atoms with Crippen LogP contribution in [0.2, 0.25) is 0 Å². The standard InChI is InChI=1S/C20H26N2O3S/c1-15(21-20(2,3)14-16-8-6-5-7-9-16)19(23)17-10-12-18(13-11-17)22-26(4,24)25/h5-13,15,21-22H,14H2,1-4H3/t15-/m0/s1. The molecule has 26 heavy (non-hydrogen) atoms. The van der Waals surface area contributed by atoms with Crippen molar-refractivity contribution < 1.29 is 13.2 Å². The lowest BCUT2D eigenvalue weighted by atomic mass is 9.93. The maximum absolute atomic E-state index is 12.7. The number of nitrogens with one attached hydrogen (secondary N) is 2. The molecule has 6 heteroatoms. The lowest BCUT2D eigenvalue weighted by molar-refractivity contribution is 0.0933. The van der Waals surface area contributed by atoms with Gasteiger partial charge in [-0.2, -0.15) is 0 Å². The summed E-state index contributed by atoms with van der Waals surface area (Å²) in [5.74, 6) is -0.0305. The molecular weight excluding hydrogens is 348 g/mol. The highest BCUT2D eigenvalue weighted by atomic mass is 32.2. The molecule has 0 aromatic heterocycles. The third kappa shape index (κ3) is 6.28. The van der Waals surface area contributed by atoms with Gasteiger partial charge < -0.3 is 5.32 Å². The number of hydrogen-bond donors (Lipinski definition) is 2. The smallest absolute Gasteiger partial charge is 0.229 e. The monoisotopic (exact) mass is 374 g/mol. The zero-order chi connectivity index (χ0) is 19.4. The Kier molecular flexibility index (Phi) is 6.21. The molecule has 0 saturated carbocycles. The van der Waals surface area contributed by atoms with E-state index in [1.165, 1.54) is 5.56 Å². The number of carbonyl (C=O) groups excluding carboxylic acids is 1. The molecule has 0 fully saturated rings. The van der Waals surface area contributed by atoms with E-state index in [1.807, 2.05) is 25.1 Å². The lowest BCUT2D eigenvalue weighted by Gasteiger charge is -2.30. The van der Waals surface area contributed by atoms with Gasteiger partial charge in [0.25, 0.3) is 0 Å². The average molecular weight is 375 g/mol. The first-order valence-electron chi connectivity index (χ1n) is 8.49. The molecule has 1 atom stereocenters. The van der Waals surface area contributed by atoms with E-state index in [4.69, 9.17) is 0 Å². The molecule has 0 amide bonds. The second-order valence-electron chi connectivity index (χ2n) is 7.23. The topological polar surface area (TPSA) is 75.3 Å². The van der Waals surface area contributed by atoms with Crippen LogP contribution in [0.4, 0.5) is 5.69 Å². The van der Waals surface area contributed by atoms with Gasteiger partial charge in [0.15, 0.2) is 5.78 Å². The summed E-state index contributed by atoms with van der Waals surface area (Å²) in [6, 6.07) is 16.2. The molecule has 0 saturated heterocycles. The van der Waals surface area contributed by atoms with Crippen LogP contribution in [0.25, 0.3) is 0 Å². The molecule has 0 aliphatic heterocycles. The fraction of sp³-hybridized carbons (Fsp3) is 0.350. The Morgan fingerprint density at radius 2 is 1.62 bits per heavy atom. The van der Waals surface area contributed by atoms with Gasteiger partial charge in [0.05, 0.1) is 12.3 Å². The van der Waals surface area contributed by atoms with Crippen molar-refractivity contribution in [2.45, 2.75) is 38.8 Å². The zero-order valence-electron chi connectivity index (χ0n) is 15.6. The Balaban J connectivity index is 2.02. The SMILES string of the molecule is C[C@H](NC(C)(C)Cc1ccccc1)C(=O)c1ccc(NS(C)(=O)=O)cc1. The third-order valence-corrected chi connectivity index (χ3v) is 4.57. The molecule has 5 nitrogen and oxygen atoms in total. The summed E-state index contributed by atoms with van der Waals surface area (Å²) in [4.78, 5) is 12.7. The number of carbonyl (C=O) groups is 1. The van der Waals surface area contributed by atoms with E-state index in [9.17, 15) is 13.2 Å². The second-order valence-corrected chi connectivity index (χ2v) is 8.98. The average Bonchev–Trinajstić information content (AvgIpc) is 2.53. The van der Waals surface area contributed by atoms with E-state index in [0.717, 1.165) is 12.7 Å². The molecule has 2 aromatic rings. The Morgan fingerprint density at radius 1 is 1.04 bits per heavy atom. The van der Waals surface area contributed by atoms with E-state index in [-0.39, 0.29) is 17.4 Å². The largest absolute Gasteiger partial charge is 0.302 e. The van der Waals surface area contributed by atoms with Crippen LogP contribution in [0.1, 0.15) is 36.7 Å². The van der Waals surface area contributed by atoms with E-state index < -0.39 is 10.0 Å². The van der Waals surface area contributed by atoms with Gasteiger partial charge in [-0.25, -0.2) is 8.42 Å². The van der Waals surface area contributed by atoms with Crippen molar-refractivity contribution in [2.75, 3.05) is 11.0 Å². The van der Waals surface area contributed by atoms with Crippen LogP contribution in [0.15, 0.2) is 54.6 Å². The summed E-state index contributed by atoms with van der Waals surface area (Å²) in [5.41, 5.74) is 1.95. The fourth-order valence-electron chi connectivity index (χ4n) is 2.98. The van der Waals surface area contributed by atoms with Gasteiger partial charge in [-0.05, 0) is 57.0 Å². The van der Waals surface area contributed by atoms with Crippen LogP contribution >= 0.6 is 0 Å². The summed E-state index contributed by atoms with van der Waals surface area (Å²) >= 11 is 0. The molecule has 2 N–H and O–H groups in total. The summed E-state index contributed by atoms with van der Waals surface area (Å²) in [7, 11) is -3.33. The number of benzene rings is 2. The van der Waals surface area contributed by atoms with Gasteiger partial charge in [0.1, 0.15) is 0 Å². The minimum atomic E-state index is -3.33. The first-order chi connectivity index (χ1) is 12.1. The van der Waals surface area contributed by atoms with Gasteiger partial charge in [0, 0.05) is 16.8 Å². The van der Waals surface area contributed by atoms with Crippen molar-refractivity contribution >= 4 is 21.5 Å². The summed E-state index contributed by atoms with van der Waals surface area (Å²) in [6.07, 6.45) is 1.90. The number of sulfonamides is 1. The number of anilines is 1. The Morgan fingerprint density at radius 3 is 2.15 bits per heavy atom. The third-order valence-electron chi connectivity index (χ3n) is 3.96. The first-order valence-corrected chi connectivity index (χ1v) is 10.4. The van der Waals surface area contributed by atoms with E-state index in [2.05, 4.69) is 36.0 Å². The molecule has 0 aliphatic rings. The minimum absolute atomic E-state index is 0.0305. The molecule has 0 heterocycles. The predicted molar refractivity (Wildman–Crippen MR) is 106 cm³/mol. The predicted octanol–water partition coefficient (Wildman–Crippen LogP) is 3.24. The van der Waals surface area contributed by atoms with Crippen molar-refractivity contribution in [3.8, 4) is 0 Å². The van der Waals surface area contributed by atoms with Crippen LogP contribution in [-0.4, -0.2) is 32.0 Å². The Hall–Kier alpha value is -2.18. The van der Waals surface area contributed by atoms with Gasteiger partial charge in [-0.3, -0.25) is 9.52 Å². The normalized spacial score (nSPS) is 13.2. The van der Waals surface area contributed by atoms with Gasteiger partial charge in [-0.15, -0.1) is 0 Å². The quantitative estimate of drug-likeness (QED) is 0.696. The maximum atomic E-state index is 12.7. The van der Waals surface area contributed by atoms with E-state index in [0.29, 0.717) is 11.3 Å². The van der Waals surface area contributed by atoms with E-state index >= 15 is 0 Å². The Labute approximate surface area is 155 Å². The molecule has 140 valence electrons. The summed E-state index contributed by atoms with van der Waals surface area (Å²) in [5, 5.41) is 3.39. The van der Waals surface area contributed by atoms with Crippen molar-refractivity contribution in [1.82, 2.24) is 5.32 Å². The molecule has 0 unspecified atom stereocenters. The van der Waals surface area contributed by atoms with Gasteiger partial charge in [-0.1, -0.05) is 30.3 Å². The number of ketones is 1. The molecule has 2 aromatic carbocycles. The summed E-state index contributed by atoms with van der Waals surface area (Å²) < 4.78 is 24.9. The molecular formula is C20H26N2O3S. The van der Waals surface area contributed by atoms with Crippen molar-refractivity contribution in [3.63, 3.8) is 0 Å². The second kappa shape index (κ2) is 8.01. The number of hydrogen-bond acceptors (Lipinski definition) is 4. The fourth-order valence-corrected chi connectivity index (χ4v) is 3.54.